The Morgan fingerprint density at radius 2 is 1.74 bits per heavy atom. The fourth-order valence-electron chi connectivity index (χ4n) is 4.00. The lowest BCUT2D eigenvalue weighted by Crippen LogP contribution is -2.33. The van der Waals surface area contributed by atoms with Crippen LogP contribution in [0.5, 0.6) is 0 Å². The Bertz CT molecular complexity index is 483. The highest BCUT2D eigenvalue weighted by Gasteiger charge is 2.42. The van der Waals surface area contributed by atoms with E-state index >= 15 is 0 Å². The molecule has 1 aliphatic carbocycles. The standard InChI is InChI=1S/C19H28O4/c1-14-16(18(21)13-17(14)20)8-10-19(22-11-12-23-19)9-7-15-5-3-2-4-6-15/h2-6,14,16-18,20-21H,7-13H2,1H3/t14-,16-,17+,18-/m1/s1. The minimum Gasteiger partial charge on any atom is -0.393 e. The first-order chi connectivity index (χ1) is 11.1. The molecule has 4 heteroatoms. The Kier molecular flexibility index (Phi) is 5.37. The van der Waals surface area contributed by atoms with Gasteiger partial charge in [0.05, 0.1) is 25.4 Å². The molecule has 0 spiro atoms. The predicted molar refractivity (Wildman–Crippen MR) is 87.9 cm³/mol. The minimum absolute atomic E-state index is 0.131. The zero-order valence-electron chi connectivity index (χ0n) is 13.9. The average Bonchev–Trinajstić information content (AvgIpc) is 3.11. The fraction of sp³-hybridized carbons (Fsp3) is 0.684. The SMILES string of the molecule is C[C@@H]1[C@@H](CCC2(CCc3ccccc3)OCCO2)[C@H](O)C[C@@H]1O. The van der Waals surface area contributed by atoms with Gasteiger partial charge in [0.1, 0.15) is 0 Å². The average molecular weight is 320 g/mol. The van der Waals surface area contributed by atoms with Crippen molar-refractivity contribution in [3.05, 3.63) is 35.9 Å². The highest BCUT2D eigenvalue weighted by molar-refractivity contribution is 5.15. The summed E-state index contributed by atoms with van der Waals surface area (Å²) in [5.41, 5.74) is 1.29. The summed E-state index contributed by atoms with van der Waals surface area (Å²) in [6.45, 7) is 3.30. The van der Waals surface area contributed by atoms with Crippen molar-refractivity contribution in [2.75, 3.05) is 13.2 Å². The highest BCUT2D eigenvalue weighted by atomic mass is 16.7. The number of ether oxygens (including phenoxy) is 2. The number of rotatable bonds is 6. The zero-order valence-corrected chi connectivity index (χ0v) is 13.9. The third-order valence-electron chi connectivity index (χ3n) is 5.57. The van der Waals surface area contributed by atoms with Gasteiger partial charge in [-0.2, -0.15) is 0 Å². The Morgan fingerprint density at radius 3 is 2.35 bits per heavy atom. The van der Waals surface area contributed by atoms with Gasteiger partial charge in [-0.15, -0.1) is 0 Å². The number of aryl methyl sites for hydroxylation is 1. The molecule has 0 aromatic heterocycles. The lowest BCUT2D eigenvalue weighted by molar-refractivity contribution is -0.170. The van der Waals surface area contributed by atoms with Crippen molar-refractivity contribution in [1.29, 1.82) is 0 Å². The Morgan fingerprint density at radius 1 is 1.04 bits per heavy atom. The van der Waals surface area contributed by atoms with Gasteiger partial charge in [-0.1, -0.05) is 37.3 Å². The van der Waals surface area contributed by atoms with E-state index in [1.54, 1.807) is 0 Å². The summed E-state index contributed by atoms with van der Waals surface area (Å²) in [5.74, 6) is -0.257. The monoisotopic (exact) mass is 320 g/mol. The maximum atomic E-state index is 10.2. The first-order valence-corrected chi connectivity index (χ1v) is 8.78. The van der Waals surface area contributed by atoms with Crippen LogP contribution in [0.15, 0.2) is 30.3 Å². The van der Waals surface area contributed by atoms with Crippen molar-refractivity contribution < 1.29 is 19.7 Å². The summed E-state index contributed by atoms with van der Waals surface area (Å²) in [6, 6.07) is 10.4. The van der Waals surface area contributed by atoms with Gasteiger partial charge in [0, 0.05) is 12.8 Å². The minimum atomic E-state index is -0.525. The Labute approximate surface area is 138 Å². The van der Waals surface area contributed by atoms with E-state index < -0.39 is 11.9 Å². The van der Waals surface area contributed by atoms with Gasteiger partial charge in [0.25, 0.3) is 0 Å². The molecule has 1 heterocycles. The van der Waals surface area contributed by atoms with E-state index in [0.717, 1.165) is 25.7 Å². The normalized spacial score (nSPS) is 33.2. The molecule has 128 valence electrons. The van der Waals surface area contributed by atoms with E-state index in [0.29, 0.717) is 19.6 Å². The van der Waals surface area contributed by atoms with Gasteiger partial charge in [-0.05, 0) is 36.7 Å². The van der Waals surface area contributed by atoms with Crippen LogP contribution in [0.3, 0.4) is 0 Å². The molecule has 0 bridgehead atoms. The van der Waals surface area contributed by atoms with Crippen LogP contribution in [0.4, 0.5) is 0 Å². The van der Waals surface area contributed by atoms with Crippen LogP contribution in [-0.2, 0) is 15.9 Å². The van der Waals surface area contributed by atoms with Gasteiger partial charge >= 0.3 is 0 Å². The van der Waals surface area contributed by atoms with E-state index in [2.05, 4.69) is 24.3 Å². The van der Waals surface area contributed by atoms with Gasteiger partial charge in [0.2, 0.25) is 0 Å². The van der Waals surface area contributed by atoms with Gasteiger partial charge in [-0.3, -0.25) is 0 Å². The van der Waals surface area contributed by atoms with Crippen LogP contribution >= 0.6 is 0 Å². The van der Waals surface area contributed by atoms with Gasteiger partial charge < -0.3 is 19.7 Å². The Balaban J connectivity index is 1.58. The molecule has 1 aromatic rings. The summed E-state index contributed by atoms with van der Waals surface area (Å²) in [5, 5.41) is 20.1. The van der Waals surface area contributed by atoms with Crippen LogP contribution in [0.1, 0.15) is 38.2 Å². The molecule has 3 rings (SSSR count). The maximum absolute atomic E-state index is 10.2. The molecule has 4 nitrogen and oxygen atoms in total. The molecule has 2 aliphatic rings. The quantitative estimate of drug-likeness (QED) is 0.845. The third kappa shape index (κ3) is 3.94. The number of benzene rings is 1. The molecule has 23 heavy (non-hydrogen) atoms. The van der Waals surface area contributed by atoms with E-state index in [1.807, 2.05) is 13.0 Å². The molecule has 2 N–H and O–H groups in total. The van der Waals surface area contributed by atoms with Crippen molar-refractivity contribution in [1.82, 2.24) is 0 Å². The number of hydrogen-bond acceptors (Lipinski definition) is 4. The lowest BCUT2D eigenvalue weighted by atomic mass is 9.88. The van der Waals surface area contributed by atoms with Crippen LogP contribution in [0.25, 0.3) is 0 Å². The van der Waals surface area contributed by atoms with Crippen LogP contribution < -0.4 is 0 Å². The summed E-state index contributed by atoms with van der Waals surface area (Å²) < 4.78 is 11.9. The molecule has 1 saturated heterocycles. The van der Waals surface area contributed by atoms with Gasteiger partial charge in [0.15, 0.2) is 5.79 Å². The van der Waals surface area contributed by atoms with Crippen LogP contribution in [0.2, 0.25) is 0 Å². The lowest BCUT2D eigenvalue weighted by Gasteiger charge is -2.30. The highest BCUT2D eigenvalue weighted by Crippen LogP contribution is 2.39. The van der Waals surface area contributed by atoms with Crippen molar-refractivity contribution in [2.24, 2.45) is 11.8 Å². The molecular formula is C19H28O4. The second-order valence-electron chi connectivity index (χ2n) is 7.03. The molecule has 0 unspecified atom stereocenters. The molecule has 1 saturated carbocycles. The third-order valence-corrected chi connectivity index (χ3v) is 5.57. The summed E-state index contributed by atoms with van der Waals surface area (Å²) in [7, 11) is 0. The predicted octanol–water partition coefficient (Wildman–Crippen LogP) is 2.52. The smallest absolute Gasteiger partial charge is 0.168 e. The van der Waals surface area contributed by atoms with Gasteiger partial charge in [-0.25, -0.2) is 0 Å². The molecular weight excluding hydrogens is 292 g/mol. The molecule has 2 fully saturated rings. The zero-order chi connectivity index (χ0) is 16.3. The van der Waals surface area contributed by atoms with E-state index in [-0.39, 0.29) is 17.9 Å². The second kappa shape index (κ2) is 7.31. The van der Waals surface area contributed by atoms with Crippen LogP contribution in [-0.4, -0.2) is 41.4 Å². The first kappa shape index (κ1) is 16.9. The van der Waals surface area contributed by atoms with Crippen molar-refractivity contribution in [3.63, 3.8) is 0 Å². The molecule has 0 amide bonds. The topological polar surface area (TPSA) is 58.9 Å². The summed E-state index contributed by atoms with van der Waals surface area (Å²) in [6.07, 6.45) is 3.05. The van der Waals surface area contributed by atoms with Crippen molar-refractivity contribution in [2.45, 2.75) is 57.0 Å². The fourth-order valence-corrected chi connectivity index (χ4v) is 4.00. The van der Waals surface area contributed by atoms with E-state index in [4.69, 9.17) is 9.47 Å². The van der Waals surface area contributed by atoms with E-state index in [9.17, 15) is 10.2 Å². The number of aliphatic hydroxyl groups is 2. The number of aliphatic hydroxyl groups excluding tert-OH is 2. The Hall–Kier alpha value is -0.940. The first-order valence-electron chi connectivity index (χ1n) is 8.78. The molecule has 1 aliphatic heterocycles. The second-order valence-corrected chi connectivity index (χ2v) is 7.03. The largest absolute Gasteiger partial charge is 0.393 e. The maximum Gasteiger partial charge on any atom is 0.168 e. The van der Waals surface area contributed by atoms with Crippen LogP contribution in [0, 0.1) is 11.8 Å². The molecule has 4 atom stereocenters. The number of hydrogen-bond donors (Lipinski definition) is 2. The molecule has 0 radical (unpaired) electrons. The van der Waals surface area contributed by atoms with Crippen molar-refractivity contribution >= 4 is 0 Å². The summed E-state index contributed by atoms with van der Waals surface area (Å²) >= 11 is 0. The van der Waals surface area contributed by atoms with E-state index in [1.165, 1.54) is 5.56 Å². The molecule has 1 aromatic carbocycles. The summed E-state index contributed by atoms with van der Waals surface area (Å²) in [4.78, 5) is 0. The van der Waals surface area contributed by atoms with Crippen molar-refractivity contribution in [3.8, 4) is 0 Å².